The van der Waals surface area contributed by atoms with E-state index in [2.05, 4.69) is 6.07 Å². The van der Waals surface area contributed by atoms with E-state index in [0.717, 1.165) is 41.8 Å². The van der Waals surface area contributed by atoms with E-state index in [1.807, 2.05) is 42.2 Å². The maximum absolute atomic E-state index is 12.7. The first kappa shape index (κ1) is 17.3. The van der Waals surface area contributed by atoms with Gasteiger partial charge in [0.25, 0.3) is 0 Å². The smallest absolute Gasteiger partial charge is 0.227 e. The second-order valence-electron chi connectivity index (χ2n) is 6.70. The molecule has 25 heavy (non-hydrogen) atoms. The van der Waals surface area contributed by atoms with Gasteiger partial charge in [0.2, 0.25) is 5.91 Å². The third-order valence-electron chi connectivity index (χ3n) is 5.05. The number of ether oxygens (including phenoxy) is 1. The molecule has 0 bridgehead atoms. The van der Waals surface area contributed by atoms with Crippen LogP contribution < -0.4 is 4.74 Å². The van der Waals surface area contributed by atoms with Crippen LogP contribution in [0.5, 0.6) is 11.5 Å². The van der Waals surface area contributed by atoms with E-state index in [-0.39, 0.29) is 11.8 Å². The zero-order valence-corrected chi connectivity index (χ0v) is 14.9. The minimum Gasteiger partial charge on any atom is -0.508 e. The van der Waals surface area contributed by atoms with Crippen molar-refractivity contribution in [3.05, 3.63) is 59.2 Å². The summed E-state index contributed by atoms with van der Waals surface area (Å²) in [5, 5.41) is 9.96. The zero-order chi connectivity index (χ0) is 17.8. The summed E-state index contributed by atoms with van der Waals surface area (Å²) in [4.78, 5) is 14.7. The van der Waals surface area contributed by atoms with Gasteiger partial charge < -0.3 is 14.7 Å². The number of nitrogens with zero attached hydrogens (tertiary/aromatic N) is 1. The molecule has 1 aliphatic heterocycles. The number of aromatic hydroxyl groups is 1. The topological polar surface area (TPSA) is 49.8 Å². The number of hydrogen-bond donors (Lipinski definition) is 1. The first-order valence-corrected chi connectivity index (χ1v) is 8.77. The lowest BCUT2D eigenvalue weighted by Crippen LogP contribution is -2.40. The molecule has 1 heterocycles. The van der Waals surface area contributed by atoms with Gasteiger partial charge in [-0.25, -0.2) is 0 Å². The number of hydrogen-bond acceptors (Lipinski definition) is 3. The molecule has 0 aromatic heterocycles. The van der Waals surface area contributed by atoms with Crippen molar-refractivity contribution in [1.29, 1.82) is 0 Å². The van der Waals surface area contributed by atoms with E-state index in [1.165, 1.54) is 0 Å². The van der Waals surface area contributed by atoms with Crippen LogP contribution >= 0.6 is 0 Å². The molecule has 4 heteroatoms. The Labute approximate surface area is 149 Å². The predicted octanol–water partition coefficient (Wildman–Crippen LogP) is 3.66. The first-order chi connectivity index (χ1) is 12.1. The molecule has 2 aromatic carbocycles. The Hall–Kier alpha value is -2.49. The number of benzene rings is 2. The average molecular weight is 339 g/mol. The number of phenols is 1. The van der Waals surface area contributed by atoms with Crippen LogP contribution in [0.2, 0.25) is 0 Å². The van der Waals surface area contributed by atoms with E-state index in [1.54, 1.807) is 13.2 Å². The highest BCUT2D eigenvalue weighted by atomic mass is 16.5. The molecule has 1 aliphatic rings. The fourth-order valence-corrected chi connectivity index (χ4v) is 3.61. The number of carbonyl (C=O) groups is 1. The summed E-state index contributed by atoms with van der Waals surface area (Å²) in [5.74, 6) is 1.54. The number of methoxy groups -OCH3 is 1. The van der Waals surface area contributed by atoms with Crippen LogP contribution in [0.1, 0.15) is 35.4 Å². The lowest BCUT2D eigenvalue weighted by Gasteiger charge is -2.34. The van der Waals surface area contributed by atoms with E-state index >= 15 is 0 Å². The highest BCUT2D eigenvalue weighted by Gasteiger charge is 2.26. The molecular weight excluding hydrogens is 314 g/mol. The number of likely N-dealkylation sites (tertiary alicyclic amines) is 1. The van der Waals surface area contributed by atoms with Crippen molar-refractivity contribution < 1.29 is 14.6 Å². The molecule has 0 saturated carbocycles. The summed E-state index contributed by atoms with van der Waals surface area (Å²) in [7, 11) is 1.63. The molecule has 4 nitrogen and oxygen atoms in total. The van der Waals surface area contributed by atoms with Gasteiger partial charge >= 0.3 is 0 Å². The second-order valence-corrected chi connectivity index (χ2v) is 6.70. The number of amides is 1. The fraction of sp³-hybridized carbons (Fsp3) is 0.381. The van der Waals surface area contributed by atoms with Gasteiger partial charge in [0.05, 0.1) is 13.5 Å². The monoisotopic (exact) mass is 339 g/mol. The van der Waals surface area contributed by atoms with E-state index in [9.17, 15) is 9.90 Å². The van der Waals surface area contributed by atoms with Gasteiger partial charge in [-0.3, -0.25) is 4.79 Å². The molecular formula is C21H25NO3. The molecule has 1 atom stereocenters. The molecule has 1 amide bonds. The Morgan fingerprint density at radius 2 is 2.08 bits per heavy atom. The standard InChI is InChI=1S/C21H25NO3/c1-15-19(9-4-10-20(15)23)17-7-5-11-22(14-17)21(24)13-16-6-3-8-18(12-16)25-2/h3-4,6,8-10,12,17,23H,5,7,11,13-14H2,1-2H3. The van der Waals surface area contributed by atoms with Crippen LogP contribution in [-0.4, -0.2) is 36.1 Å². The van der Waals surface area contributed by atoms with Crippen LogP contribution in [-0.2, 0) is 11.2 Å². The van der Waals surface area contributed by atoms with Gasteiger partial charge in [0.1, 0.15) is 11.5 Å². The molecule has 0 radical (unpaired) electrons. The lowest BCUT2D eigenvalue weighted by atomic mass is 9.87. The van der Waals surface area contributed by atoms with Gasteiger partial charge in [-0.05, 0) is 54.7 Å². The molecule has 3 rings (SSSR count). The van der Waals surface area contributed by atoms with E-state index < -0.39 is 0 Å². The van der Waals surface area contributed by atoms with Gasteiger partial charge in [-0.15, -0.1) is 0 Å². The van der Waals surface area contributed by atoms with Gasteiger partial charge in [-0.1, -0.05) is 24.3 Å². The van der Waals surface area contributed by atoms with Crippen molar-refractivity contribution in [1.82, 2.24) is 4.90 Å². The number of piperidine rings is 1. The molecule has 1 saturated heterocycles. The van der Waals surface area contributed by atoms with Gasteiger partial charge in [0, 0.05) is 19.0 Å². The van der Waals surface area contributed by atoms with Crippen molar-refractivity contribution in [3.8, 4) is 11.5 Å². The Bertz CT molecular complexity index is 757. The number of carbonyl (C=O) groups excluding carboxylic acids is 1. The molecule has 1 N–H and O–H groups in total. The summed E-state index contributed by atoms with van der Waals surface area (Å²) >= 11 is 0. The van der Waals surface area contributed by atoms with E-state index in [0.29, 0.717) is 18.7 Å². The predicted molar refractivity (Wildman–Crippen MR) is 98.1 cm³/mol. The van der Waals surface area contributed by atoms with Crippen LogP contribution in [0.3, 0.4) is 0 Å². The molecule has 1 fully saturated rings. The number of phenolic OH excluding ortho intramolecular Hbond substituents is 1. The average Bonchev–Trinajstić information content (AvgIpc) is 2.64. The maximum Gasteiger partial charge on any atom is 0.227 e. The zero-order valence-electron chi connectivity index (χ0n) is 14.9. The Kier molecular flexibility index (Phi) is 5.27. The van der Waals surface area contributed by atoms with Crippen LogP contribution in [0, 0.1) is 6.92 Å². The summed E-state index contributed by atoms with van der Waals surface area (Å²) in [6, 6.07) is 13.3. The third-order valence-corrected chi connectivity index (χ3v) is 5.05. The summed E-state index contributed by atoms with van der Waals surface area (Å²) in [5.41, 5.74) is 3.05. The SMILES string of the molecule is COc1cccc(CC(=O)N2CCCC(c3cccc(O)c3C)C2)c1. The molecule has 1 unspecified atom stereocenters. The van der Waals surface area contributed by atoms with Crippen molar-refractivity contribution >= 4 is 5.91 Å². The normalized spacial score (nSPS) is 17.4. The summed E-state index contributed by atoms with van der Waals surface area (Å²) < 4.78 is 5.23. The molecule has 132 valence electrons. The third kappa shape index (κ3) is 3.95. The lowest BCUT2D eigenvalue weighted by molar-refractivity contribution is -0.131. The minimum atomic E-state index is 0.149. The summed E-state index contributed by atoms with van der Waals surface area (Å²) in [6.07, 6.45) is 2.43. The van der Waals surface area contributed by atoms with E-state index in [4.69, 9.17) is 4.74 Å². The Morgan fingerprint density at radius 3 is 2.88 bits per heavy atom. The summed E-state index contributed by atoms with van der Waals surface area (Å²) in [6.45, 7) is 3.46. The Balaban J connectivity index is 1.70. The Morgan fingerprint density at radius 1 is 1.28 bits per heavy atom. The molecule has 0 spiro atoms. The largest absolute Gasteiger partial charge is 0.508 e. The highest BCUT2D eigenvalue weighted by Crippen LogP contribution is 2.32. The van der Waals surface area contributed by atoms with Crippen molar-refractivity contribution in [2.24, 2.45) is 0 Å². The minimum absolute atomic E-state index is 0.149. The van der Waals surface area contributed by atoms with Crippen molar-refractivity contribution in [2.45, 2.75) is 32.1 Å². The van der Waals surface area contributed by atoms with Crippen molar-refractivity contribution in [2.75, 3.05) is 20.2 Å². The van der Waals surface area contributed by atoms with Gasteiger partial charge in [-0.2, -0.15) is 0 Å². The quantitative estimate of drug-likeness (QED) is 0.925. The first-order valence-electron chi connectivity index (χ1n) is 8.77. The second kappa shape index (κ2) is 7.60. The molecule has 0 aliphatic carbocycles. The molecule has 2 aromatic rings. The number of rotatable bonds is 4. The van der Waals surface area contributed by atoms with Crippen LogP contribution in [0.15, 0.2) is 42.5 Å². The van der Waals surface area contributed by atoms with Crippen LogP contribution in [0.25, 0.3) is 0 Å². The highest BCUT2D eigenvalue weighted by molar-refractivity contribution is 5.79. The fourth-order valence-electron chi connectivity index (χ4n) is 3.61. The van der Waals surface area contributed by atoms with Gasteiger partial charge in [0.15, 0.2) is 0 Å². The maximum atomic E-state index is 12.7. The van der Waals surface area contributed by atoms with Crippen molar-refractivity contribution in [3.63, 3.8) is 0 Å². The van der Waals surface area contributed by atoms with Crippen LogP contribution in [0.4, 0.5) is 0 Å².